The predicted molar refractivity (Wildman–Crippen MR) is 392 cm³/mol. The van der Waals surface area contributed by atoms with E-state index >= 15 is 0 Å². The maximum Gasteiger partial charge on any atom is 0.309 e. The van der Waals surface area contributed by atoms with Crippen molar-refractivity contribution in [2.24, 2.45) is 5.92 Å². The summed E-state index contributed by atoms with van der Waals surface area (Å²) in [5, 5.41) is 14.3. The molecule has 2 saturated heterocycles. The number of halogens is 2. The molecule has 8 aromatic carbocycles. The SMILES string of the molecule is Clc1ccc2c(c1)CCc1cccnc1C2C1CCNCC1.O=C(Cc1cn(C(c2ccccc2)(c2ccccc2)c2ccccc2)cn1)N1CCN(C2c3ccc(Cl)cc3CCc3cccnc32)CC1.O=C(O)Cc1cn(C(c2ccccc2)(c2ccccc2)c2ccccc2)cn1. The Morgan fingerprint density at radius 2 is 0.838 bits per heavy atom. The van der Waals surface area contributed by atoms with Crippen molar-refractivity contribution in [2.75, 3.05) is 39.3 Å². The van der Waals surface area contributed by atoms with Crippen molar-refractivity contribution in [1.82, 2.24) is 44.2 Å². The highest BCUT2D eigenvalue weighted by molar-refractivity contribution is 6.31. The molecule has 0 spiro atoms. The van der Waals surface area contributed by atoms with Gasteiger partial charge in [-0.25, -0.2) is 9.97 Å². The molecule has 16 rings (SSSR count). The highest BCUT2D eigenvalue weighted by Gasteiger charge is 2.41. The molecule has 0 radical (unpaired) electrons. The molecule has 2 atom stereocenters. The van der Waals surface area contributed by atoms with Crippen molar-refractivity contribution < 1.29 is 14.7 Å². The number of aromatic nitrogens is 6. The third-order valence-electron chi connectivity index (χ3n) is 20.3. The van der Waals surface area contributed by atoms with E-state index < -0.39 is 17.0 Å². The Morgan fingerprint density at radius 1 is 0.444 bits per heavy atom. The van der Waals surface area contributed by atoms with Crippen LogP contribution in [0.15, 0.2) is 280 Å². The average molecular weight is 1350 g/mol. The number of rotatable bonds is 14. The molecule has 12 nitrogen and oxygen atoms in total. The summed E-state index contributed by atoms with van der Waals surface area (Å²) in [6, 6.07) is 83.6. The Labute approximate surface area is 589 Å². The van der Waals surface area contributed by atoms with Crippen LogP contribution in [0.2, 0.25) is 10.0 Å². The zero-order chi connectivity index (χ0) is 67.6. The normalized spacial score (nSPS) is 16.2. The smallest absolute Gasteiger partial charge is 0.309 e. The third-order valence-corrected chi connectivity index (χ3v) is 20.8. The average Bonchev–Trinajstić information content (AvgIpc) is 1.72. The zero-order valence-electron chi connectivity index (χ0n) is 55.3. The number of aryl methyl sites for hydroxylation is 4. The Bertz CT molecular complexity index is 4480. The number of pyridine rings is 2. The van der Waals surface area contributed by atoms with Crippen LogP contribution in [0.3, 0.4) is 0 Å². The molecule has 1 amide bonds. The van der Waals surface area contributed by atoms with Gasteiger partial charge in [-0.3, -0.25) is 24.5 Å². The number of carboxylic acids is 1. The highest BCUT2D eigenvalue weighted by Crippen LogP contribution is 2.45. The number of carboxylic acid groups (broad SMARTS) is 1. The van der Waals surface area contributed by atoms with Crippen molar-refractivity contribution in [3.05, 3.63) is 380 Å². The third kappa shape index (κ3) is 13.9. The van der Waals surface area contributed by atoms with Gasteiger partial charge >= 0.3 is 5.97 Å². The number of aliphatic carboxylic acids is 1. The zero-order valence-corrected chi connectivity index (χ0v) is 56.8. The number of nitrogens with zero attached hydrogens (tertiary/aromatic N) is 8. The second-order valence-corrected chi connectivity index (χ2v) is 26.9. The molecular formula is C85H79Cl2N9O3. The molecule has 2 fully saturated rings. The minimum absolute atomic E-state index is 0.0426. The first-order valence-electron chi connectivity index (χ1n) is 34.4. The standard InChI is InChI=1S/C42H38ClN5O.C24H20N2O2.C19H21ClN2/c43-36-20-21-38-32(27-36)19-18-31-11-10-22-44-40(31)41(38)47-25-23-46(24-26-47)39(49)28-37-29-48(30-45-37)42(33-12-4-1-5-13-33,34-14-6-2-7-15-34)35-16-8-3-9-17-35;27-23(28)16-22-17-26(18-25-22)24(19-10-4-1-5-11-19,20-12-6-2-7-13-20)21-14-8-3-9-15-21;20-16-5-6-17-15(12-16)4-3-14-2-1-9-22-19(14)18(17)13-7-10-21-11-8-13/h1-17,20-22,27,29-30,41H,18-19,23-26,28H2;1-15,17-18H,16H2,(H,27,28);1-2,5-6,9,12-13,18,21H,3-4,7-8,10-11H2. The van der Waals surface area contributed by atoms with Crippen LogP contribution in [-0.4, -0.2) is 95.1 Å². The summed E-state index contributed by atoms with van der Waals surface area (Å²) in [7, 11) is 0. The van der Waals surface area contributed by atoms with E-state index in [1.54, 1.807) is 6.33 Å². The lowest BCUT2D eigenvalue weighted by Gasteiger charge is -2.39. The van der Waals surface area contributed by atoms with Gasteiger partial charge in [-0.15, -0.1) is 0 Å². The number of piperidine rings is 1. The Hall–Kier alpha value is -10.1. The fraction of sp³-hybridized carbons (Fsp3) is 0.224. The number of amides is 1. The van der Waals surface area contributed by atoms with Crippen molar-refractivity contribution in [1.29, 1.82) is 0 Å². The van der Waals surface area contributed by atoms with Crippen LogP contribution in [0.1, 0.15) is 114 Å². The molecule has 2 aliphatic heterocycles. The van der Waals surface area contributed by atoms with E-state index in [4.69, 9.17) is 38.2 Å². The number of nitrogens with one attached hydrogen (secondary N) is 1. The number of benzene rings is 8. The van der Waals surface area contributed by atoms with Gasteiger partial charge in [-0.1, -0.05) is 229 Å². The molecule has 2 N–H and O–H groups in total. The number of piperazine rings is 1. The number of imidazole rings is 2. The summed E-state index contributed by atoms with van der Waals surface area (Å²) in [5.41, 5.74) is 17.1. The van der Waals surface area contributed by atoms with Crippen LogP contribution in [0.5, 0.6) is 0 Å². The lowest BCUT2D eigenvalue weighted by atomic mass is 9.77. The minimum atomic E-state index is -0.894. The van der Waals surface area contributed by atoms with Crippen molar-refractivity contribution in [2.45, 2.75) is 74.4 Å². The van der Waals surface area contributed by atoms with Crippen molar-refractivity contribution >= 4 is 35.1 Å². The van der Waals surface area contributed by atoms with E-state index in [-0.39, 0.29) is 24.8 Å². The molecule has 4 aliphatic rings. The largest absolute Gasteiger partial charge is 0.481 e. The number of hydrogen-bond acceptors (Lipinski definition) is 8. The number of carbonyl (C=O) groups excluding carboxylic acids is 1. The molecule has 4 aromatic heterocycles. The predicted octanol–water partition coefficient (Wildman–Crippen LogP) is 15.7. The van der Waals surface area contributed by atoms with Gasteiger partial charge in [0.1, 0.15) is 11.1 Å². The van der Waals surface area contributed by atoms with Crippen LogP contribution < -0.4 is 5.32 Å². The fourth-order valence-electron chi connectivity index (χ4n) is 15.8. The fourth-order valence-corrected chi connectivity index (χ4v) is 16.1. The molecule has 99 heavy (non-hydrogen) atoms. The van der Waals surface area contributed by atoms with Gasteiger partial charge in [0.15, 0.2) is 0 Å². The maximum atomic E-state index is 13.8. The quantitative estimate of drug-likeness (QED) is 0.102. The molecule has 14 heteroatoms. The maximum absolute atomic E-state index is 13.8. The van der Waals surface area contributed by atoms with Gasteiger partial charge in [-0.05, 0) is 161 Å². The second kappa shape index (κ2) is 30.4. The molecule has 496 valence electrons. The van der Waals surface area contributed by atoms with Crippen LogP contribution in [-0.2, 0) is 59.2 Å². The van der Waals surface area contributed by atoms with E-state index in [1.165, 1.54) is 51.9 Å². The molecule has 0 bridgehead atoms. The van der Waals surface area contributed by atoms with E-state index in [0.717, 1.165) is 107 Å². The highest BCUT2D eigenvalue weighted by atomic mass is 35.5. The lowest BCUT2D eigenvalue weighted by Crippen LogP contribution is -2.50. The first kappa shape index (κ1) is 66.2. The van der Waals surface area contributed by atoms with Gasteiger partial charge < -0.3 is 24.5 Å². The van der Waals surface area contributed by atoms with Crippen molar-refractivity contribution in [3.63, 3.8) is 0 Å². The summed E-state index contributed by atoms with van der Waals surface area (Å²) < 4.78 is 4.19. The summed E-state index contributed by atoms with van der Waals surface area (Å²) in [6.45, 7) is 5.08. The molecule has 2 unspecified atom stereocenters. The van der Waals surface area contributed by atoms with E-state index in [9.17, 15) is 14.7 Å². The monoisotopic (exact) mass is 1340 g/mol. The summed E-state index contributed by atoms with van der Waals surface area (Å²) >= 11 is 12.7. The van der Waals surface area contributed by atoms with Gasteiger partial charge in [-0.2, -0.15) is 0 Å². The Balaban J connectivity index is 0.000000140. The van der Waals surface area contributed by atoms with Gasteiger partial charge in [0.25, 0.3) is 0 Å². The molecule has 6 heterocycles. The minimum Gasteiger partial charge on any atom is -0.481 e. The molecule has 12 aromatic rings. The number of fused-ring (bicyclic) bond motifs is 4. The first-order valence-corrected chi connectivity index (χ1v) is 35.2. The van der Waals surface area contributed by atoms with E-state index in [0.29, 0.717) is 30.6 Å². The molecule has 0 saturated carbocycles. The number of carbonyl (C=O) groups is 2. The van der Waals surface area contributed by atoms with Crippen LogP contribution >= 0.6 is 23.2 Å². The topological polar surface area (TPSA) is 134 Å². The first-order chi connectivity index (χ1) is 48.6. The summed E-state index contributed by atoms with van der Waals surface area (Å²) in [6.07, 6.45) is 17.9. The number of hydrogen-bond donors (Lipinski definition) is 2. The second-order valence-electron chi connectivity index (χ2n) is 26.1. The molecular weight excluding hydrogens is 1270 g/mol. The van der Waals surface area contributed by atoms with Gasteiger partial charge in [0.2, 0.25) is 5.91 Å². The van der Waals surface area contributed by atoms with Crippen LogP contribution in [0.4, 0.5) is 0 Å². The van der Waals surface area contributed by atoms with Gasteiger partial charge in [0, 0.05) is 66.9 Å². The Kier molecular flexibility index (Phi) is 20.3. The Morgan fingerprint density at radius 3 is 1.28 bits per heavy atom. The lowest BCUT2D eigenvalue weighted by molar-refractivity contribution is -0.136. The van der Waals surface area contributed by atoms with Crippen LogP contribution in [0, 0.1) is 5.92 Å². The van der Waals surface area contributed by atoms with E-state index in [1.807, 2.05) is 125 Å². The van der Waals surface area contributed by atoms with Gasteiger partial charge in [0.05, 0.1) is 54.3 Å². The summed E-state index contributed by atoms with van der Waals surface area (Å²) in [5.74, 6) is 0.303. The van der Waals surface area contributed by atoms with Crippen LogP contribution in [0.25, 0.3) is 0 Å². The summed E-state index contributed by atoms with van der Waals surface area (Å²) in [4.78, 5) is 48.4. The molecule has 2 aliphatic carbocycles. The van der Waals surface area contributed by atoms with E-state index in [2.05, 4.69) is 178 Å². The van der Waals surface area contributed by atoms with Crippen molar-refractivity contribution in [3.8, 4) is 0 Å².